The fourth-order valence-electron chi connectivity index (χ4n) is 2.43. The summed E-state index contributed by atoms with van der Waals surface area (Å²) in [4.78, 5) is 0. The highest BCUT2D eigenvalue weighted by Gasteiger charge is 2.10. The Bertz CT molecular complexity index is 604. The average molecular weight is 306 g/mol. The summed E-state index contributed by atoms with van der Waals surface area (Å²) in [6.07, 6.45) is 1.09. The van der Waals surface area contributed by atoms with E-state index < -0.39 is 0 Å². The Morgan fingerprint density at radius 1 is 1.14 bits per heavy atom. The van der Waals surface area contributed by atoms with Gasteiger partial charge in [-0.25, -0.2) is 4.39 Å². The summed E-state index contributed by atoms with van der Waals surface area (Å²) in [7, 11) is 0. The molecular formula is C18H21ClFN. The summed E-state index contributed by atoms with van der Waals surface area (Å²) in [6.45, 7) is 7.08. The first kappa shape index (κ1) is 16.0. The molecular weight excluding hydrogens is 285 g/mol. The van der Waals surface area contributed by atoms with Gasteiger partial charge in [0.05, 0.1) is 0 Å². The molecule has 0 aliphatic heterocycles. The quantitative estimate of drug-likeness (QED) is 0.767. The lowest BCUT2D eigenvalue weighted by Gasteiger charge is -2.16. The van der Waals surface area contributed by atoms with Crippen LogP contribution in [0.5, 0.6) is 0 Å². The molecule has 0 bridgehead atoms. The Balaban J connectivity index is 2.30. The molecule has 2 aromatic rings. The molecule has 3 heteroatoms. The third-order valence-corrected chi connectivity index (χ3v) is 3.87. The molecule has 0 fully saturated rings. The molecule has 2 rings (SSSR count). The van der Waals surface area contributed by atoms with Crippen LogP contribution in [0.15, 0.2) is 36.4 Å². The SMILES string of the molecule is CCCNC(C)c1ccc(-c2cc(C)cc(F)c2)cc1Cl. The Hall–Kier alpha value is -1.38. The van der Waals surface area contributed by atoms with Crippen molar-refractivity contribution in [2.24, 2.45) is 0 Å². The van der Waals surface area contributed by atoms with Gasteiger partial charge >= 0.3 is 0 Å². The van der Waals surface area contributed by atoms with Crippen molar-refractivity contribution in [2.75, 3.05) is 6.54 Å². The van der Waals surface area contributed by atoms with Crippen LogP contribution in [-0.2, 0) is 0 Å². The molecule has 21 heavy (non-hydrogen) atoms. The summed E-state index contributed by atoms with van der Waals surface area (Å²) in [6, 6.07) is 11.2. The Morgan fingerprint density at radius 2 is 1.90 bits per heavy atom. The highest BCUT2D eigenvalue weighted by atomic mass is 35.5. The molecule has 0 spiro atoms. The molecule has 0 aliphatic rings. The minimum Gasteiger partial charge on any atom is -0.310 e. The summed E-state index contributed by atoms with van der Waals surface area (Å²) in [5.74, 6) is -0.219. The van der Waals surface area contributed by atoms with Crippen molar-refractivity contribution in [3.8, 4) is 11.1 Å². The zero-order valence-electron chi connectivity index (χ0n) is 12.7. The molecule has 1 nitrogen and oxygen atoms in total. The molecule has 0 heterocycles. The van der Waals surface area contributed by atoms with Gasteiger partial charge in [-0.05, 0) is 67.3 Å². The number of rotatable bonds is 5. The summed E-state index contributed by atoms with van der Waals surface area (Å²) >= 11 is 6.40. The smallest absolute Gasteiger partial charge is 0.124 e. The topological polar surface area (TPSA) is 12.0 Å². The standard InChI is InChI=1S/C18H21ClFN/c1-4-7-21-13(3)17-6-5-14(11-18(17)19)15-8-12(2)9-16(20)10-15/h5-6,8-11,13,21H,4,7H2,1-3H3. The fourth-order valence-corrected chi connectivity index (χ4v) is 2.78. The van der Waals surface area contributed by atoms with Crippen LogP contribution in [-0.4, -0.2) is 6.54 Å². The third-order valence-electron chi connectivity index (χ3n) is 3.54. The van der Waals surface area contributed by atoms with E-state index in [4.69, 9.17) is 11.6 Å². The first-order valence-corrected chi connectivity index (χ1v) is 7.69. The number of aryl methyl sites for hydroxylation is 1. The summed E-state index contributed by atoms with van der Waals surface area (Å²) in [5, 5.41) is 4.14. The van der Waals surface area contributed by atoms with E-state index in [1.807, 2.05) is 31.2 Å². The first-order chi connectivity index (χ1) is 10.0. The van der Waals surface area contributed by atoms with E-state index >= 15 is 0 Å². The summed E-state index contributed by atoms with van der Waals surface area (Å²) in [5.41, 5.74) is 3.77. The van der Waals surface area contributed by atoms with E-state index in [0.717, 1.165) is 35.2 Å². The van der Waals surface area contributed by atoms with E-state index in [2.05, 4.69) is 19.2 Å². The van der Waals surface area contributed by atoms with Crippen molar-refractivity contribution in [2.45, 2.75) is 33.2 Å². The van der Waals surface area contributed by atoms with Gasteiger partial charge in [-0.1, -0.05) is 36.7 Å². The van der Waals surface area contributed by atoms with Gasteiger partial charge in [0.1, 0.15) is 5.82 Å². The van der Waals surface area contributed by atoms with Crippen molar-refractivity contribution >= 4 is 11.6 Å². The van der Waals surface area contributed by atoms with E-state index in [1.165, 1.54) is 12.1 Å². The monoisotopic (exact) mass is 305 g/mol. The Morgan fingerprint density at radius 3 is 2.52 bits per heavy atom. The molecule has 1 atom stereocenters. The van der Waals surface area contributed by atoms with Gasteiger partial charge < -0.3 is 5.32 Å². The van der Waals surface area contributed by atoms with Gasteiger partial charge in [-0.15, -0.1) is 0 Å². The zero-order valence-corrected chi connectivity index (χ0v) is 13.5. The molecule has 0 saturated carbocycles. The van der Waals surface area contributed by atoms with Gasteiger partial charge in [0, 0.05) is 11.1 Å². The molecule has 112 valence electrons. The predicted octanol–water partition coefficient (Wildman–Crippen LogP) is 5.52. The lowest BCUT2D eigenvalue weighted by Crippen LogP contribution is -2.19. The number of nitrogens with one attached hydrogen (secondary N) is 1. The molecule has 0 amide bonds. The van der Waals surface area contributed by atoms with Gasteiger partial charge in [-0.3, -0.25) is 0 Å². The second-order valence-electron chi connectivity index (χ2n) is 5.43. The van der Waals surface area contributed by atoms with Crippen molar-refractivity contribution in [1.29, 1.82) is 0 Å². The van der Waals surface area contributed by atoms with Crippen LogP contribution in [0.25, 0.3) is 11.1 Å². The normalized spacial score (nSPS) is 12.4. The number of benzene rings is 2. The van der Waals surface area contributed by atoms with E-state index in [9.17, 15) is 4.39 Å². The lowest BCUT2D eigenvalue weighted by atomic mass is 10.00. The Kier molecular flexibility index (Phi) is 5.38. The minimum absolute atomic E-state index is 0.209. The van der Waals surface area contributed by atoms with E-state index in [1.54, 1.807) is 0 Å². The van der Waals surface area contributed by atoms with Crippen molar-refractivity contribution in [1.82, 2.24) is 5.32 Å². The molecule has 1 unspecified atom stereocenters. The maximum Gasteiger partial charge on any atom is 0.124 e. The molecule has 1 N–H and O–H groups in total. The van der Waals surface area contributed by atoms with Crippen molar-refractivity contribution in [3.63, 3.8) is 0 Å². The van der Waals surface area contributed by atoms with Crippen LogP contribution in [0.1, 0.15) is 37.4 Å². The van der Waals surface area contributed by atoms with Gasteiger partial charge in [-0.2, -0.15) is 0 Å². The molecule has 0 radical (unpaired) electrons. The number of hydrogen-bond donors (Lipinski definition) is 1. The Labute approximate surface area is 131 Å². The molecule has 2 aromatic carbocycles. The average Bonchev–Trinajstić information content (AvgIpc) is 2.43. The second-order valence-corrected chi connectivity index (χ2v) is 5.84. The van der Waals surface area contributed by atoms with Crippen LogP contribution >= 0.6 is 11.6 Å². The highest BCUT2D eigenvalue weighted by Crippen LogP contribution is 2.30. The van der Waals surface area contributed by atoms with E-state index in [0.29, 0.717) is 5.02 Å². The number of hydrogen-bond acceptors (Lipinski definition) is 1. The van der Waals surface area contributed by atoms with Crippen LogP contribution in [0, 0.1) is 12.7 Å². The maximum absolute atomic E-state index is 13.5. The molecule has 0 aliphatic carbocycles. The van der Waals surface area contributed by atoms with Gasteiger partial charge in [0.2, 0.25) is 0 Å². The lowest BCUT2D eigenvalue weighted by molar-refractivity contribution is 0.571. The van der Waals surface area contributed by atoms with Gasteiger partial charge in [0.25, 0.3) is 0 Å². The predicted molar refractivity (Wildman–Crippen MR) is 88.3 cm³/mol. The molecule has 0 saturated heterocycles. The zero-order chi connectivity index (χ0) is 15.4. The summed E-state index contributed by atoms with van der Waals surface area (Å²) < 4.78 is 13.5. The van der Waals surface area contributed by atoms with E-state index in [-0.39, 0.29) is 11.9 Å². The second kappa shape index (κ2) is 7.06. The number of halogens is 2. The largest absolute Gasteiger partial charge is 0.310 e. The molecule has 0 aromatic heterocycles. The third kappa shape index (κ3) is 4.05. The highest BCUT2D eigenvalue weighted by molar-refractivity contribution is 6.31. The fraction of sp³-hybridized carbons (Fsp3) is 0.333. The van der Waals surface area contributed by atoms with Crippen molar-refractivity contribution < 1.29 is 4.39 Å². The van der Waals surface area contributed by atoms with Gasteiger partial charge in [0.15, 0.2) is 0 Å². The van der Waals surface area contributed by atoms with Crippen LogP contribution in [0.3, 0.4) is 0 Å². The van der Waals surface area contributed by atoms with Crippen LogP contribution in [0.4, 0.5) is 4.39 Å². The first-order valence-electron chi connectivity index (χ1n) is 7.31. The minimum atomic E-state index is -0.219. The maximum atomic E-state index is 13.5. The van der Waals surface area contributed by atoms with Crippen LogP contribution < -0.4 is 5.32 Å². The van der Waals surface area contributed by atoms with Crippen LogP contribution in [0.2, 0.25) is 5.02 Å². The van der Waals surface area contributed by atoms with Crippen molar-refractivity contribution in [3.05, 3.63) is 58.4 Å².